The third-order valence-corrected chi connectivity index (χ3v) is 5.17. The van der Waals surface area contributed by atoms with Crippen molar-refractivity contribution in [2.45, 2.75) is 50.2 Å². The first kappa shape index (κ1) is 13.7. The van der Waals surface area contributed by atoms with Crippen LogP contribution in [-0.4, -0.2) is 46.6 Å². The maximum absolute atomic E-state index is 12.6. The van der Waals surface area contributed by atoms with Gasteiger partial charge in [-0.15, -0.1) is 0 Å². The molecule has 1 aliphatic carbocycles. The summed E-state index contributed by atoms with van der Waals surface area (Å²) in [6.45, 7) is 0.858. The molecule has 5 nitrogen and oxygen atoms in total. The number of carbonyl (C=O) groups excluding carboxylic acids is 1. The van der Waals surface area contributed by atoms with E-state index in [1.807, 2.05) is 0 Å². The van der Waals surface area contributed by atoms with E-state index in [4.69, 9.17) is 22.4 Å². The molecule has 1 N–H and O–H groups in total. The fraction of sp³-hybridized carbons (Fsp3) is 0.714. The van der Waals surface area contributed by atoms with Crippen LogP contribution in [0.5, 0.6) is 0 Å². The molecule has 1 saturated carbocycles. The van der Waals surface area contributed by atoms with Crippen molar-refractivity contribution in [3.05, 3.63) is 0 Å². The van der Waals surface area contributed by atoms with Crippen LogP contribution in [-0.2, 0) is 9.53 Å². The van der Waals surface area contributed by atoms with Crippen LogP contribution in [0.2, 0.25) is 0 Å². The van der Waals surface area contributed by atoms with Crippen molar-refractivity contribution in [1.82, 2.24) is 4.90 Å². The number of ether oxygens (including phenoxy) is 1. The second-order valence-corrected chi connectivity index (χ2v) is 6.22. The molecule has 3 atom stereocenters. The molecule has 1 amide bonds. The molecule has 2 saturated heterocycles. The third-order valence-electron chi connectivity index (χ3n) is 4.97. The number of rotatable bonds is 3. The van der Waals surface area contributed by atoms with Crippen LogP contribution in [0.1, 0.15) is 38.5 Å². The highest BCUT2D eigenvalue weighted by Gasteiger charge is 2.61. The maximum Gasteiger partial charge on any atom is 0.264 e. The summed E-state index contributed by atoms with van der Waals surface area (Å²) in [5.74, 6) is 0.359. The van der Waals surface area contributed by atoms with E-state index < -0.39 is 6.10 Å². The molecule has 2 heterocycles. The van der Waals surface area contributed by atoms with Crippen molar-refractivity contribution in [3.8, 4) is 0 Å². The van der Waals surface area contributed by atoms with E-state index in [9.17, 15) is 4.79 Å². The van der Waals surface area contributed by atoms with Crippen LogP contribution >= 0.6 is 12.2 Å². The van der Waals surface area contributed by atoms with Gasteiger partial charge in [0, 0.05) is 18.0 Å². The Balaban J connectivity index is 1.81. The molecule has 3 rings (SSSR count). The predicted octanol–water partition coefficient (Wildman–Crippen LogP) is 1.94. The summed E-state index contributed by atoms with van der Waals surface area (Å²) in [6, 6.07) is 0. The van der Waals surface area contributed by atoms with Crippen LogP contribution in [0.3, 0.4) is 0 Å². The Morgan fingerprint density at radius 2 is 2.25 bits per heavy atom. The molecule has 0 unspecified atom stereocenters. The quantitative estimate of drug-likeness (QED) is 0.491. The molecule has 20 heavy (non-hydrogen) atoms. The van der Waals surface area contributed by atoms with Crippen molar-refractivity contribution in [3.63, 3.8) is 0 Å². The van der Waals surface area contributed by atoms with E-state index in [2.05, 4.69) is 9.89 Å². The van der Waals surface area contributed by atoms with E-state index in [-0.39, 0.29) is 22.4 Å². The third kappa shape index (κ3) is 1.97. The van der Waals surface area contributed by atoms with Gasteiger partial charge in [0.25, 0.3) is 5.91 Å². The standard InChI is InChI=1S/C14H19N3O2S/c15-9-16-8-11(20)19-12-10-4-1-2-5-14(10)6-3-7-17(14)13(12)18/h8-10,12,15H,1-7H2/t10-,12-,14+/m0/s1. The summed E-state index contributed by atoms with van der Waals surface area (Å²) >= 11 is 5.09. The van der Waals surface area contributed by atoms with Gasteiger partial charge in [-0.2, -0.15) is 0 Å². The molecule has 0 aromatic rings. The predicted molar refractivity (Wildman–Crippen MR) is 80.4 cm³/mol. The second kappa shape index (κ2) is 5.24. The van der Waals surface area contributed by atoms with E-state index in [0.29, 0.717) is 0 Å². The van der Waals surface area contributed by atoms with Gasteiger partial charge in [-0.1, -0.05) is 12.8 Å². The van der Waals surface area contributed by atoms with Gasteiger partial charge in [0.15, 0.2) is 6.10 Å². The minimum atomic E-state index is -0.444. The Morgan fingerprint density at radius 1 is 1.45 bits per heavy atom. The first-order valence-corrected chi connectivity index (χ1v) is 7.64. The first-order valence-electron chi connectivity index (χ1n) is 7.23. The zero-order valence-corrected chi connectivity index (χ0v) is 12.2. The summed E-state index contributed by atoms with van der Waals surface area (Å²) in [6.07, 6.45) is 8.50. The number of nitrogens with one attached hydrogen (secondary N) is 1. The summed E-state index contributed by atoms with van der Waals surface area (Å²) in [7, 11) is 0. The number of thiocarbonyl (C=S) groups is 1. The molecule has 0 bridgehead atoms. The van der Waals surface area contributed by atoms with Gasteiger partial charge < -0.3 is 9.64 Å². The summed E-state index contributed by atoms with van der Waals surface area (Å²) in [5, 5.41) is 7.06. The number of nitrogens with zero attached hydrogens (tertiary/aromatic N) is 2. The van der Waals surface area contributed by atoms with Gasteiger partial charge >= 0.3 is 0 Å². The maximum atomic E-state index is 12.6. The molecule has 108 valence electrons. The van der Waals surface area contributed by atoms with Gasteiger partial charge in [-0.05, 0) is 37.9 Å². The highest BCUT2D eigenvalue weighted by atomic mass is 32.1. The molecule has 3 aliphatic rings. The van der Waals surface area contributed by atoms with Crippen LogP contribution in [0, 0.1) is 11.3 Å². The molecule has 2 aliphatic heterocycles. The fourth-order valence-electron chi connectivity index (χ4n) is 4.27. The highest BCUT2D eigenvalue weighted by Crippen LogP contribution is 2.52. The monoisotopic (exact) mass is 293 g/mol. The van der Waals surface area contributed by atoms with Gasteiger partial charge in [0.2, 0.25) is 5.05 Å². The Labute approximate surface area is 123 Å². The number of carbonyl (C=O) groups is 1. The minimum absolute atomic E-state index is 0.0360. The van der Waals surface area contributed by atoms with E-state index in [1.165, 1.54) is 12.6 Å². The Kier molecular flexibility index (Phi) is 3.58. The van der Waals surface area contributed by atoms with Crippen LogP contribution < -0.4 is 0 Å². The topological polar surface area (TPSA) is 65.8 Å². The summed E-state index contributed by atoms with van der Waals surface area (Å²) < 4.78 is 5.71. The van der Waals surface area contributed by atoms with Crippen molar-refractivity contribution < 1.29 is 9.53 Å². The first-order chi connectivity index (χ1) is 9.69. The molecule has 1 spiro atoms. The van der Waals surface area contributed by atoms with Crippen LogP contribution in [0.15, 0.2) is 4.99 Å². The average molecular weight is 293 g/mol. The number of aliphatic imine (C=N–C) groups is 1. The lowest BCUT2D eigenvalue weighted by Crippen LogP contribution is -2.46. The molecule has 0 aromatic heterocycles. The largest absolute Gasteiger partial charge is 0.468 e. The molecule has 6 heteroatoms. The number of hydrogen-bond acceptors (Lipinski definition) is 4. The zero-order valence-electron chi connectivity index (χ0n) is 11.4. The fourth-order valence-corrected chi connectivity index (χ4v) is 4.44. The normalized spacial score (nSPS) is 36.0. The van der Waals surface area contributed by atoms with Crippen LogP contribution in [0.25, 0.3) is 0 Å². The second-order valence-electron chi connectivity index (χ2n) is 5.81. The summed E-state index contributed by atoms with van der Waals surface area (Å²) in [5.41, 5.74) is 0.0360. The van der Waals surface area contributed by atoms with Gasteiger partial charge in [0.1, 0.15) is 6.34 Å². The van der Waals surface area contributed by atoms with Crippen molar-refractivity contribution >= 4 is 35.7 Å². The molecule has 0 radical (unpaired) electrons. The van der Waals surface area contributed by atoms with Gasteiger partial charge in [0.05, 0.1) is 6.21 Å². The van der Waals surface area contributed by atoms with Crippen molar-refractivity contribution in [1.29, 1.82) is 5.41 Å². The SMILES string of the molecule is N=CN=CC(=S)O[C@@H]1C(=O)N2CCC[C@@]23CCCC[C@@H]13. The lowest BCUT2D eigenvalue weighted by Gasteiger charge is -2.40. The van der Waals surface area contributed by atoms with Gasteiger partial charge in [-0.3, -0.25) is 10.2 Å². The van der Waals surface area contributed by atoms with Crippen molar-refractivity contribution in [2.24, 2.45) is 10.9 Å². The minimum Gasteiger partial charge on any atom is -0.468 e. The van der Waals surface area contributed by atoms with E-state index in [0.717, 1.165) is 45.0 Å². The highest BCUT2D eigenvalue weighted by molar-refractivity contribution is 7.81. The summed E-state index contributed by atoms with van der Waals surface area (Å²) in [4.78, 5) is 18.3. The Hall–Kier alpha value is -1.30. The lowest BCUT2D eigenvalue weighted by atomic mass is 9.71. The van der Waals surface area contributed by atoms with Crippen LogP contribution in [0.4, 0.5) is 0 Å². The van der Waals surface area contributed by atoms with Gasteiger partial charge in [-0.25, -0.2) is 4.99 Å². The number of amides is 1. The number of hydrogen-bond donors (Lipinski definition) is 1. The Morgan fingerprint density at radius 3 is 3.05 bits per heavy atom. The molecular formula is C14H19N3O2S. The lowest BCUT2D eigenvalue weighted by molar-refractivity contribution is -0.135. The van der Waals surface area contributed by atoms with Crippen molar-refractivity contribution in [2.75, 3.05) is 6.54 Å². The molecule has 0 aromatic carbocycles. The molecular weight excluding hydrogens is 274 g/mol. The Bertz CT molecular complexity index is 479. The average Bonchev–Trinajstić information content (AvgIpc) is 2.94. The zero-order chi connectivity index (χ0) is 14.2. The van der Waals surface area contributed by atoms with E-state index in [1.54, 1.807) is 0 Å². The smallest absolute Gasteiger partial charge is 0.264 e. The van der Waals surface area contributed by atoms with E-state index >= 15 is 0 Å². The molecule has 3 fully saturated rings.